The number of rotatable bonds is 53. The van der Waals surface area contributed by atoms with E-state index >= 15 is 0 Å². The first-order valence-electron chi connectivity index (χ1n) is 30.9. The van der Waals surface area contributed by atoms with Gasteiger partial charge in [-0.2, -0.15) is 0 Å². The maximum atomic E-state index is 13.1. The van der Waals surface area contributed by atoms with Crippen LogP contribution in [0.3, 0.4) is 0 Å². The van der Waals surface area contributed by atoms with Crippen molar-refractivity contribution in [2.24, 2.45) is 0 Å². The van der Waals surface area contributed by atoms with Gasteiger partial charge in [-0.1, -0.05) is 262 Å². The molecule has 72 heavy (non-hydrogen) atoms. The number of nitrogens with one attached hydrogen (secondary N) is 1. The van der Waals surface area contributed by atoms with E-state index in [0.29, 0.717) is 6.42 Å². The topological polar surface area (TPSA) is 149 Å². The molecule has 0 saturated carbocycles. The van der Waals surface area contributed by atoms with Crippen LogP contribution in [0.1, 0.15) is 290 Å². The first-order chi connectivity index (χ1) is 35.3. The number of ether oxygens (including phenoxy) is 2. The third kappa shape index (κ3) is 41.4. The molecule has 1 heterocycles. The van der Waals surface area contributed by atoms with Gasteiger partial charge in [-0.3, -0.25) is 4.79 Å². The van der Waals surface area contributed by atoms with Crippen molar-refractivity contribution in [3.8, 4) is 0 Å². The fourth-order valence-corrected chi connectivity index (χ4v) is 9.72. The first kappa shape index (κ1) is 68.2. The largest absolute Gasteiger partial charge is 0.394 e. The minimum atomic E-state index is -1.57. The Kier molecular flexibility index (Phi) is 49.8. The van der Waals surface area contributed by atoms with Crippen LogP contribution in [-0.2, 0) is 14.3 Å². The minimum absolute atomic E-state index is 0.188. The zero-order valence-corrected chi connectivity index (χ0v) is 46.9. The van der Waals surface area contributed by atoms with Crippen molar-refractivity contribution in [3.05, 3.63) is 48.6 Å². The van der Waals surface area contributed by atoms with Gasteiger partial charge in [0.25, 0.3) is 0 Å². The van der Waals surface area contributed by atoms with E-state index < -0.39 is 49.5 Å². The highest BCUT2D eigenvalue weighted by Crippen LogP contribution is 2.23. The van der Waals surface area contributed by atoms with Crippen molar-refractivity contribution < 1.29 is 39.8 Å². The van der Waals surface area contributed by atoms with E-state index in [-0.39, 0.29) is 12.5 Å². The molecule has 1 fully saturated rings. The van der Waals surface area contributed by atoms with Gasteiger partial charge < -0.3 is 40.3 Å². The monoisotopic (exact) mass is 1020 g/mol. The fourth-order valence-electron chi connectivity index (χ4n) is 9.72. The summed E-state index contributed by atoms with van der Waals surface area (Å²) in [5.41, 5.74) is 0. The number of carbonyl (C=O) groups excluding carboxylic acids is 1. The van der Waals surface area contributed by atoms with E-state index in [2.05, 4.69) is 55.6 Å². The molecule has 6 N–H and O–H groups in total. The molecule has 1 aliphatic rings. The van der Waals surface area contributed by atoms with Gasteiger partial charge in [0.05, 0.1) is 25.4 Å². The quantitative estimate of drug-likeness (QED) is 0.0261. The van der Waals surface area contributed by atoms with Gasteiger partial charge >= 0.3 is 0 Å². The Hall–Kier alpha value is -1.85. The van der Waals surface area contributed by atoms with Crippen LogP contribution in [-0.4, -0.2) is 87.5 Å². The lowest BCUT2D eigenvalue weighted by Gasteiger charge is -2.40. The number of hydrogen-bond acceptors (Lipinski definition) is 8. The standard InChI is InChI=1S/C63H117NO8/c1-3-5-7-9-11-13-15-17-19-21-22-23-24-25-26-27-28-29-30-31-32-33-34-35-36-37-39-41-43-45-47-49-51-53-59(67)64-56(55-71-63-62(70)61(69)60(68)58(54-65)72-63)57(66)52-50-48-46-44-42-40-38-20-18-16-14-12-10-8-6-4-2/h18,20,25-26,42,44,50,52,56-58,60-63,65-66,68-70H,3-17,19,21-24,27-41,43,45-49,51,53-55H2,1-2H3,(H,64,67)/b20-18+,26-25-,44-42+,52-50+. The van der Waals surface area contributed by atoms with Crippen LogP contribution in [0.5, 0.6) is 0 Å². The van der Waals surface area contributed by atoms with Gasteiger partial charge in [-0.25, -0.2) is 0 Å². The van der Waals surface area contributed by atoms with E-state index in [0.717, 1.165) is 51.4 Å². The molecule has 1 saturated heterocycles. The molecule has 422 valence electrons. The second kappa shape index (κ2) is 52.6. The summed E-state index contributed by atoms with van der Waals surface area (Å²) in [7, 11) is 0. The number of aliphatic hydroxyl groups is 5. The summed E-state index contributed by atoms with van der Waals surface area (Å²) in [6.45, 7) is 3.77. The summed E-state index contributed by atoms with van der Waals surface area (Å²) in [4.78, 5) is 13.1. The van der Waals surface area contributed by atoms with E-state index in [1.165, 1.54) is 218 Å². The van der Waals surface area contributed by atoms with Crippen molar-refractivity contribution in [1.82, 2.24) is 5.32 Å². The van der Waals surface area contributed by atoms with Crippen molar-refractivity contribution in [3.63, 3.8) is 0 Å². The maximum absolute atomic E-state index is 13.1. The van der Waals surface area contributed by atoms with Crippen LogP contribution in [0.2, 0.25) is 0 Å². The summed E-state index contributed by atoms with van der Waals surface area (Å²) in [5.74, 6) is -0.188. The third-order valence-electron chi connectivity index (χ3n) is 14.6. The van der Waals surface area contributed by atoms with Crippen LogP contribution < -0.4 is 5.32 Å². The molecule has 9 nitrogen and oxygen atoms in total. The SMILES string of the molecule is CCCCCCCC/C=C/CC/C=C/CC/C=C/C(O)C(COC1OC(CO)C(O)C(O)C1O)NC(=O)CCCCCCCCCCCCCCCCCCC/C=C\CCCCCCCCCCCCCC. The summed E-state index contributed by atoms with van der Waals surface area (Å²) in [5, 5.41) is 54.5. The van der Waals surface area contributed by atoms with Gasteiger partial charge in [0, 0.05) is 6.42 Å². The van der Waals surface area contributed by atoms with Crippen LogP contribution in [0, 0.1) is 0 Å². The lowest BCUT2D eigenvalue weighted by Crippen LogP contribution is -2.60. The Bertz CT molecular complexity index is 1270. The molecule has 0 spiro atoms. The minimum Gasteiger partial charge on any atom is -0.394 e. The number of hydrogen-bond donors (Lipinski definition) is 6. The second-order valence-electron chi connectivity index (χ2n) is 21.5. The lowest BCUT2D eigenvalue weighted by molar-refractivity contribution is -0.302. The Morgan fingerprint density at radius 2 is 0.792 bits per heavy atom. The third-order valence-corrected chi connectivity index (χ3v) is 14.6. The highest BCUT2D eigenvalue weighted by molar-refractivity contribution is 5.76. The predicted molar refractivity (Wildman–Crippen MR) is 304 cm³/mol. The molecule has 0 aliphatic carbocycles. The molecule has 0 radical (unpaired) electrons. The van der Waals surface area contributed by atoms with E-state index in [4.69, 9.17) is 9.47 Å². The number of amides is 1. The summed E-state index contributed by atoms with van der Waals surface area (Å²) in [6, 6.07) is -0.828. The maximum Gasteiger partial charge on any atom is 0.220 e. The molecule has 9 heteroatoms. The van der Waals surface area contributed by atoms with Crippen molar-refractivity contribution in [1.29, 1.82) is 0 Å². The van der Waals surface area contributed by atoms with Gasteiger partial charge in [0.15, 0.2) is 6.29 Å². The molecule has 0 aromatic heterocycles. The van der Waals surface area contributed by atoms with Gasteiger partial charge in [0.1, 0.15) is 24.4 Å². The smallest absolute Gasteiger partial charge is 0.220 e. The van der Waals surface area contributed by atoms with Crippen LogP contribution >= 0.6 is 0 Å². The molecule has 1 rings (SSSR count). The van der Waals surface area contributed by atoms with Crippen molar-refractivity contribution >= 4 is 5.91 Å². The number of unbranched alkanes of at least 4 members (excludes halogenated alkanes) is 37. The molecule has 7 unspecified atom stereocenters. The van der Waals surface area contributed by atoms with Crippen LogP contribution in [0.25, 0.3) is 0 Å². The molecule has 7 atom stereocenters. The Morgan fingerprint density at radius 3 is 1.17 bits per heavy atom. The molecule has 1 amide bonds. The zero-order valence-electron chi connectivity index (χ0n) is 46.9. The highest BCUT2D eigenvalue weighted by Gasteiger charge is 2.44. The molecule has 0 aromatic carbocycles. The predicted octanol–water partition coefficient (Wildman–Crippen LogP) is 15.7. The molecule has 0 bridgehead atoms. The normalized spacial score (nSPS) is 19.5. The Labute approximate surface area is 444 Å². The van der Waals surface area contributed by atoms with Gasteiger partial charge in [-0.15, -0.1) is 0 Å². The number of aliphatic hydroxyl groups excluding tert-OH is 5. The molecular formula is C63H117NO8. The summed E-state index contributed by atoms with van der Waals surface area (Å²) in [6.07, 6.45) is 63.5. The summed E-state index contributed by atoms with van der Waals surface area (Å²) < 4.78 is 11.3. The molecule has 1 aliphatic heterocycles. The lowest BCUT2D eigenvalue weighted by atomic mass is 9.99. The van der Waals surface area contributed by atoms with Gasteiger partial charge in [0.2, 0.25) is 5.91 Å². The second-order valence-corrected chi connectivity index (χ2v) is 21.5. The average Bonchev–Trinajstić information content (AvgIpc) is 3.38. The average molecular weight is 1020 g/mol. The number of carbonyl (C=O) groups is 1. The Balaban J connectivity index is 2.13. The first-order valence-corrected chi connectivity index (χ1v) is 30.9. The number of allylic oxidation sites excluding steroid dienone is 7. The zero-order chi connectivity index (χ0) is 52.2. The van der Waals surface area contributed by atoms with E-state index in [1.807, 2.05) is 6.08 Å². The van der Waals surface area contributed by atoms with Gasteiger partial charge in [-0.05, 0) is 70.6 Å². The summed E-state index contributed by atoms with van der Waals surface area (Å²) >= 11 is 0. The van der Waals surface area contributed by atoms with Crippen molar-refractivity contribution in [2.45, 2.75) is 333 Å². The van der Waals surface area contributed by atoms with Crippen LogP contribution in [0.15, 0.2) is 48.6 Å². The van der Waals surface area contributed by atoms with Crippen molar-refractivity contribution in [2.75, 3.05) is 13.2 Å². The fraction of sp³-hybridized carbons (Fsp3) is 0.857. The highest BCUT2D eigenvalue weighted by atomic mass is 16.7. The molecular weight excluding hydrogens is 899 g/mol. The van der Waals surface area contributed by atoms with E-state index in [9.17, 15) is 30.3 Å². The van der Waals surface area contributed by atoms with E-state index in [1.54, 1.807) is 6.08 Å². The molecule has 0 aromatic rings. The Morgan fingerprint density at radius 1 is 0.458 bits per heavy atom. The van der Waals surface area contributed by atoms with Crippen LogP contribution in [0.4, 0.5) is 0 Å².